The van der Waals surface area contributed by atoms with Gasteiger partial charge < -0.3 is 0 Å². The van der Waals surface area contributed by atoms with Gasteiger partial charge in [-0.15, -0.1) is 12.6 Å². The van der Waals surface area contributed by atoms with Crippen molar-refractivity contribution in [1.82, 2.24) is 4.98 Å². The molecule has 2 rings (SSSR count). The number of benzene rings is 1. The van der Waals surface area contributed by atoms with E-state index < -0.39 is 0 Å². The van der Waals surface area contributed by atoms with Crippen molar-refractivity contribution in [2.24, 2.45) is 0 Å². The van der Waals surface area contributed by atoms with Gasteiger partial charge in [-0.1, -0.05) is 18.2 Å². The van der Waals surface area contributed by atoms with E-state index in [1.54, 1.807) is 0 Å². The second-order valence-electron chi connectivity index (χ2n) is 3.21. The molecule has 0 aliphatic heterocycles. The van der Waals surface area contributed by atoms with E-state index in [0.29, 0.717) is 0 Å². The highest BCUT2D eigenvalue weighted by Crippen LogP contribution is 2.18. The van der Waals surface area contributed by atoms with Gasteiger partial charge in [-0.05, 0) is 31.2 Å². The normalized spacial score (nSPS) is 10.1. The lowest BCUT2D eigenvalue weighted by atomic mass is 10.1. The molecular formula is C12H11NS. The Morgan fingerprint density at radius 2 is 1.71 bits per heavy atom. The van der Waals surface area contributed by atoms with Gasteiger partial charge in [0, 0.05) is 16.2 Å². The molecule has 1 aromatic heterocycles. The van der Waals surface area contributed by atoms with Gasteiger partial charge >= 0.3 is 0 Å². The van der Waals surface area contributed by atoms with Crippen LogP contribution in [0.3, 0.4) is 0 Å². The standard InChI is InChI=1S/C12H11NS/c1-9-3-2-4-12(13-9)10-5-7-11(14)8-6-10/h2-8,14H,1H3. The molecule has 2 heteroatoms. The van der Waals surface area contributed by atoms with Crippen LogP contribution in [0.2, 0.25) is 0 Å². The Balaban J connectivity index is 2.44. The van der Waals surface area contributed by atoms with Gasteiger partial charge in [0.2, 0.25) is 0 Å². The molecule has 14 heavy (non-hydrogen) atoms. The van der Waals surface area contributed by atoms with Gasteiger partial charge in [-0.3, -0.25) is 4.98 Å². The van der Waals surface area contributed by atoms with Crippen molar-refractivity contribution in [3.8, 4) is 11.3 Å². The van der Waals surface area contributed by atoms with E-state index in [-0.39, 0.29) is 0 Å². The topological polar surface area (TPSA) is 12.9 Å². The number of thiol groups is 1. The Morgan fingerprint density at radius 1 is 1.00 bits per heavy atom. The van der Waals surface area contributed by atoms with Crippen molar-refractivity contribution in [3.05, 3.63) is 48.2 Å². The molecule has 0 aliphatic rings. The third-order valence-electron chi connectivity index (χ3n) is 2.05. The molecule has 0 atom stereocenters. The third kappa shape index (κ3) is 1.96. The highest BCUT2D eigenvalue weighted by Gasteiger charge is 1.97. The van der Waals surface area contributed by atoms with Crippen molar-refractivity contribution < 1.29 is 0 Å². The van der Waals surface area contributed by atoms with Gasteiger partial charge in [0.15, 0.2) is 0 Å². The van der Waals surface area contributed by atoms with Crippen LogP contribution in [0.25, 0.3) is 11.3 Å². The van der Waals surface area contributed by atoms with Crippen molar-refractivity contribution in [3.63, 3.8) is 0 Å². The van der Waals surface area contributed by atoms with Crippen molar-refractivity contribution in [2.45, 2.75) is 11.8 Å². The summed E-state index contributed by atoms with van der Waals surface area (Å²) in [5, 5.41) is 0. The van der Waals surface area contributed by atoms with Crippen molar-refractivity contribution in [1.29, 1.82) is 0 Å². The van der Waals surface area contributed by atoms with Gasteiger partial charge in [0.05, 0.1) is 5.69 Å². The Kier molecular flexibility index (Phi) is 2.55. The Labute approximate surface area is 89.2 Å². The fourth-order valence-electron chi connectivity index (χ4n) is 1.34. The quantitative estimate of drug-likeness (QED) is 0.698. The number of pyridine rings is 1. The van der Waals surface area contributed by atoms with E-state index in [1.807, 2.05) is 49.4 Å². The first-order valence-corrected chi connectivity index (χ1v) is 4.93. The maximum atomic E-state index is 4.45. The molecule has 0 saturated carbocycles. The molecule has 2 aromatic rings. The lowest BCUT2D eigenvalue weighted by Crippen LogP contribution is -1.85. The number of hydrogen-bond donors (Lipinski definition) is 1. The molecule has 1 nitrogen and oxygen atoms in total. The summed E-state index contributed by atoms with van der Waals surface area (Å²) in [6, 6.07) is 14.0. The molecule has 1 aromatic carbocycles. The summed E-state index contributed by atoms with van der Waals surface area (Å²) in [6.45, 7) is 2.00. The first-order valence-electron chi connectivity index (χ1n) is 4.49. The predicted molar refractivity (Wildman–Crippen MR) is 61.7 cm³/mol. The second-order valence-corrected chi connectivity index (χ2v) is 3.73. The summed E-state index contributed by atoms with van der Waals surface area (Å²) in [6.07, 6.45) is 0. The predicted octanol–water partition coefficient (Wildman–Crippen LogP) is 3.35. The molecule has 0 saturated heterocycles. The zero-order valence-electron chi connectivity index (χ0n) is 7.94. The van der Waals surface area contributed by atoms with E-state index in [0.717, 1.165) is 21.8 Å². The van der Waals surface area contributed by atoms with Crippen LogP contribution in [0, 0.1) is 6.92 Å². The van der Waals surface area contributed by atoms with Gasteiger partial charge in [0.25, 0.3) is 0 Å². The fraction of sp³-hybridized carbons (Fsp3) is 0.0833. The molecule has 70 valence electrons. The third-order valence-corrected chi connectivity index (χ3v) is 2.35. The zero-order chi connectivity index (χ0) is 9.97. The molecule has 0 bridgehead atoms. The van der Waals surface area contributed by atoms with E-state index in [4.69, 9.17) is 0 Å². The number of nitrogens with zero attached hydrogens (tertiary/aromatic N) is 1. The van der Waals surface area contributed by atoms with Crippen LogP contribution in [0.5, 0.6) is 0 Å². The van der Waals surface area contributed by atoms with Gasteiger partial charge in [0.1, 0.15) is 0 Å². The second kappa shape index (κ2) is 3.84. The number of rotatable bonds is 1. The van der Waals surface area contributed by atoms with E-state index in [9.17, 15) is 0 Å². The van der Waals surface area contributed by atoms with Crippen LogP contribution >= 0.6 is 12.6 Å². The van der Waals surface area contributed by atoms with Crippen LogP contribution in [0.15, 0.2) is 47.4 Å². The molecule has 0 N–H and O–H groups in total. The maximum Gasteiger partial charge on any atom is 0.0705 e. The first-order chi connectivity index (χ1) is 6.75. The summed E-state index contributed by atoms with van der Waals surface area (Å²) in [5.41, 5.74) is 3.18. The molecular weight excluding hydrogens is 190 g/mol. The van der Waals surface area contributed by atoms with Gasteiger partial charge in [-0.2, -0.15) is 0 Å². The Morgan fingerprint density at radius 3 is 2.36 bits per heavy atom. The lowest BCUT2D eigenvalue weighted by Gasteiger charge is -2.01. The van der Waals surface area contributed by atoms with Crippen LogP contribution in [0.4, 0.5) is 0 Å². The van der Waals surface area contributed by atoms with Crippen LogP contribution in [-0.4, -0.2) is 4.98 Å². The monoisotopic (exact) mass is 201 g/mol. The van der Waals surface area contributed by atoms with Crippen LogP contribution < -0.4 is 0 Å². The summed E-state index contributed by atoms with van der Waals surface area (Å²) in [7, 11) is 0. The van der Waals surface area contributed by atoms with Crippen molar-refractivity contribution >= 4 is 12.6 Å². The number of aromatic nitrogens is 1. The molecule has 0 spiro atoms. The Bertz CT molecular complexity index is 434. The zero-order valence-corrected chi connectivity index (χ0v) is 8.83. The minimum Gasteiger partial charge on any atom is -0.253 e. The van der Waals surface area contributed by atoms with E-state index >= 15 is 0 Å². The SMILES string of the molecule is Cc1cccc(-c2ccc(S)cc2)n1. The number of hydrogen-bond acceptors (Lipinski definition) is 2. The summed E-state index contributed by atoms with van der Waals surface area (Å²) >= 11 is 4.24. The maximum absolute atomic E-state index is 4.45. The average molecular weight is 201 g/mol. The molecule has 0 aliphatic carbocycles. The van der Waals surface area contributed by atoms with E-state index in [2.05, 4.69) is 17.6 Å². The minimum absolute atomic E-state index is 0.974. The van der Waals surface area contributed by atoms with E-state index in [1.165, 1.54) is 0 Å². The highest BCUT2D eigenvalue weighted by atomic mass is 32.1. The molecule has 0 radical (unpaired) electrons. The smallest absolute Gasteiger partial charge is 0.0705 e. The minimum atomic E-state index is 0.974. The molecule has 0 amide bonds. The first kappa shape index (κ1) is 9.28. The molecule has 0 unspecified atom stereocenters. The Hall–Kier alpha value is -1.28. The molecule has 1 heterocycles. The fourth-order valence-corrected chi connectivity index (χ4v) is 1.49. The summed E-state index contributed by atoms with van der Waals surface area (Å²) in [4.78, 5) is 5.42. The highest BCUT2D eigenvalue weighted by molar-refractivity contribution is 7.80. The van der Waals surface area contributed by atoms with Crippen LogP contribution in [0.1, 0.15) is 5.69 Å². The molecule has 0 fully saturated rings. The number of aryl methyl sites for hydroxylation is 1. The lowest BCUT2D eigenvalue weighted by molar-refractivity contribution is 1.20. The largest absolute Gasteiger partial charge is 0.253 e. The summed E-state index contributed by atoms with van der Waals surface area (Å²) in [5.74, 6) is 0. The van der Waals surface area contributed by atoms with Crippen LogP contribution in [-0.2, 0) is 0 Å². The summed E-state index contributed by atoms with van der Waals surface area (Å²) < 4.78 is 0. The average Bonchev–Trinajstić information content (AvgIpc) is 2.19. The van der Waals surface area contributed by atoms with Gasteiger partial charge in [-0.25, -0.2) is 0 Å². The van der Waals surface area contributed by atoms with Crippen molar-refractivity contribution in [2.75, 3.05) is 0 Å².